The molecular weight excluding hydrogens is 203 g/mol. The second-order valence-electron chi connectivity index (χ2n) is 4.42. The van der Waals surface area contributed by atoms with Crippen LogP contribution in [0.3, 0.4) is 0 Å². The van der Waals surface area contributed by atoms with Crippen LogP contribution in [-0.4, -0.2) is 19.6 Å². The minimum absolute atomic E-state index is 0.111. The van der Waals surface area contributed by atoms with E-state index < -0.39 is 0 Å². The first-order chi connectivity index (χ1) is 7.86. The molecule has 0 spiro atoms. The van der Waals surface area contributed by atoms with E-state index in [1.165, 1.54) is 18.9 Å². The van der Waals surface area contributed by atoms with E-state index in [-0.39, 0.29) is 5.82 Å². The van der Waals surface area contributed by atoms with Crippen molar-refractivity contribution in [3.63, 3.8) is 0 Å². The summed E-state index contributed by atoms with van der Waals surface area (Å²) >= 11 is 0. The summed E-state index contributed by atoms with van der Waals surface area (Å²) < 4.78 is 13.3. The van der Waals surface area contributed by atoms with Gasteiger partial charge >= 0.3 is 0 Å². The fourth-order valence-corrected chi connectivity index (χ4v) is 2.14. The van der Waals surface area contributed by atoms with E-state index in [9.17, 15) is 4.39 Å². The van der Waals surface area contributed by atoms with Gasteiger partial charge in [0, 0.05) is 12.1 Å². The molecule has 0 aromatic heterocycles. The molecule has 1 aromatic carbocycles. The van der Waals surface area contributed by atoms with Gasteiger partial charge < -0.3 is 10.6 Å². The van der Waals surface area contributed by atoms with E-state index in [4.69, 9.17) is 0 Å². The first kappa shape index (κ1) is 11.6. The molecule has 1 aliphatic rings. The average Bonchev–Trinajstić information content (AvgIpc) is 2.33. The standard InChI is InChI=1S/C13H19FN2/c14-13-4-2-1-3-12(13)10-16-9-11-5-7-15-8-6-11/h1-4,11,15-16H,5-10H2. The summed E-state index contributed by atoms with van der Waals surface area (Å²) in [6.07, 6.45) is 2.45. The van der Waals surface area contributed by atoms with E-state index in [0.29, 0.717) is 6.54 Å². The van der Waals surface area contributed by atoms with Crippen molar-refractivity contribution in [3.05, 3.63) is 35.6 Å². The summed E-state index contributed by atoms with van der Waals surface area (Å²) in [6, 6.07) is 6.96. The number of nitrogens with one attached hydrogen (secondary N) is 2. The molecule has 0 radical (unpaired) electrons. The van der Waals surface area contributed by atoms with Crippen molar-refractivity contribution in [2.75, 3.05) is 19.6 Å². The van der Waals surface area contributed by atoms with Crippen LogP contribution in [0.4, 0.5) is 4.39 Å². The van der Waals surface area contributed by atoms with Crippen LogP contribution in [0.5, 0.6) is 0 Å². The molecule has 0 unspecified atom stereocenters. The fraction of sp³-hybridized carbons (Fsp3) is 0.538. The summed E-state index contributed by atoms with van der Waals surface area (Å²) in [5.41, 5.74) is 0.761. The van der Waals surface area contributed by atoms with Crippen molar-refractivity contribution in [2.45, 2.75) is 19.4 Å². The van der Waals surface area contributed by atoms with E-state index in [1.807, 2.05) is 12.1 Å². The van der Waals surface area contributed by atoms with Crippen LogP contribution >= 0.6 is 0 Å². The molecule has 1 aromatic rings. The average molecular weight is 222 g/mol. The smallest absolute Gasteiger partial charge is 0.127 e. The zero-order chi connectivity index (χ0) is 11.2. The Balaban J connectivity index is 1.73. The highest BCUT2D eigenvalue weighted by Crippen LogP contribution is 2.11. The van der Waals surface area contributed by atoms with Crippen molar-refractivity contribution in [1.82, 2.24) is 10.6 Å². The van der Waals surface area contributed by atoms with Gasteiger partial charge in [-0.3, -0.25) is 0 Å². The predicted octanol–water partition coefficient (Wildman–Crippen LogP) is 1.91. The van der Waals surface area contributed by atoms with Crippen molar-refractivity contribution in [3.8, 4) is 0 Å². The van der Waals surface area contributed by atoms with Crippen LogP contribution in [0.15, 0.2) is 24.3 Å². The van der Waals surface area contributed by atoms with Crippen LogP contribution in [0.2, 0.25) is 0 Å². The van der Waals surface area contributed by atoms with E-state index >= 15 is 0 Å². The lowest BCUT2D eigenvalue weighted by molar-refractivity contribution is 0.355. The Hall–Kier alpha value is -0.930. The number of benzene rings is 1. The fourth-order valence-electron chi connectivity index (χ4n) is 2.14. The maximum absolute atomic E-state index is 13.3. The molecule has 1 fully saturated rings. The van der Waals surface area contributed by atoms with Crippen LogP contribution in [-0.2, 0) is 6.54 Å². The molecule has 2 nitrogen and oxygen atoms in total. The Labute approximate surface area is 96.2 Å². The molecular formula is C13H19FN2. The minimum atomic E-state index is -0.111. The van der Waals surface area contributed by atoms with Crippen LogP contribution in [0, 0.1) is 11.7 Å². The van der Waals surface area contributed by atoms with Gasteiger partial charge in [0.2, 0.25) is 0 Å². The lowest BCUT2D eigenvalue weighted by Gasteiger charge is -2.22. The number of rotatable bonds is 4. The lowest BCUT2D eigenvalue weighted by atomic mass is 9.98. The monoisotopic (exact) mass is 222 g/mol. The van der Waals surface area contributed by atoms with Crippen molar-refractivity contribution in [2.24, 2.45) is 5.92 Å². The number of piperidine rings is 1. The van der Waals surface area contributed by atoms with Crippen molar-refractivity contribution < 1.29 is 4.39 Å². The van der Waals surface area contributed by atoms with E-state index in [2.05, 4.69) is 10.6 Å². The van der Waals surface area contributed by atoms with Crippen LogP contribution in [0.25, 0.3) is 0 Å². The molecule has 0 saturated carbocycles. The summed E-state index contributed by atoms with van der Waals surface area (Å²) in [4.78, 5) is 0. The molecule has 2 rings (SSSR count). The minimum Gasteiger partial charge on any atom is -0.317 e. The second kappa shape index (κ2) is 5.97. The Morgan fingerprint density at radius 1 is 1.25 bits per heavy atom. The predicted molar refractivity (Wildman–Crippen MR) is 63.7 cm³/mol. The van der Waals surface area contributed by atoms with Gasteiger partial charge in [-0.2, -0.15) is 0 Å². The topological polar surface area (TPSA) is 24.1 Å². The number of hydrogen-bond donors (Lipinski definition) is 2. The second-order valence-corrected chi connectivity index (χ2v) is 4.42. The molecule has 0 bridgehead atoms. The first-order valence-corrected chi connectivity index (χ1v) is 6.01. The molecule has 88 valence electrons. The molecule has 1 saturated heterocycles. The van der Waals surface area contributed by atoms with Crippen molar-refractivity contribution in [1.29, 1.82) is 0 Å². The van der Waals surface area contributed by atoms with E-state index in [0.717, 1.165) is 31.1 Å². The van der Waals surface area contributed by atoms with E-state index in [1.54, 1.807) is 6.07 Å². The Morgan fingerprint density at radius 3 is 2.75 bits per heavy atom. The molecule has 2 N–H and O–H groups in total. The maximum Gasteiger partial charge on any atom is 0.127 e. The summed E-state index contributed by atoms with van der Waals surface area (Å²) in [6.45, 7) is 3.87. The Bertz CT molecular complexity index is 321. The first-order valence-electron chi connectivity index (χ1n) is 6.01. The Morgan fingerprint density at radius 2 is 2.00 bits per heavy atom. The largest absolute Gasteiger partial charge is 0.317 e. The summed E-state index contributed by atoms with van der Waals surface area (Å²) in [5, 5.41) is 6.69. The number of halogens is 1. The summed E-state index contributed by atoms with van der Waals surface area (Å²) in [5.74, 6) is 0.633. The zero-order valence-electron chi connectivity index (χ0n) is 9.51. The SMILES string of the molecule is Fc1ccccc1CNCC1CCNCC1. The molecule has 3 heteroatoms. The van der Waals surface area contributed by atoms with Gasteiger partial charge in [0.1, 0.15) is 5.82 Å². The molecule has 1 heterocycles. The molecule has 1 aliphatic heterocycles. The highest BCUT2D eigenvalue weighted by atomic mass is 19.1. The van der Waals surface area contributed by atoms with Crippen LogP contribution in [0.1, 0.15) is 18.4 Å². The van der Waals surface area contributed by atoms with Crippen molar-refractivity contribution >= 4 is 0 Å². The maximum atomic E-state index is 13.3. The molecule has 0 amide bonds. The quantitative estimate of drug-likeness (QED) is 0.813. The highest BCUT2D eigenvalue weighted by Gasteiger charge is 2.12. The van der Waals surface area contributed by atoms with Crippen LogP contribution < -0.4 is 10.6 Å². The Kier molecular flexibility index (Phi) is 4.31. The number of hydrogen-bond acceptors (Lipinski definition) is 2. The lowest BCUT2D eigenvalue weighted by Crippen LogP contribution is -2.33. The van der Waals surface area contributed by atoms with Gasteiger partial charge in [-0.1, -0.05) is 18.2 Å². The summed E-state index contributed by atoms with van der Waals surface area (Å²) in [7, 11) is 0. The molecule has 0 atom stereocenters. The van der Waals surface area contributed by atoms with Gasteiger partial charge in [0.15, 0.2) is 0 Å². The van der Waals surface area contributed by atoms with Gasteiger partial charge in [0.25, 0.3) is 0 Å². The third-order valence-corrected chi connectivity index (χ3v) is 3.17. The third kappa shape index (κ3) is 3.29. The van der Waals surface area contributed by atoms with Gasteiger partial charge in [-0.25, -0.2) is 4.39 Å². The highest BCUT2D eigenvalue weighted by molar-refractivity contribution is 5.16. The van der Waals surface area contributed by atoms with Gasteiger partial charge in [0.05, 0.1) is 0 Å². The zero-order valence-corrected chi connectivity index (χ0v) is 9.51. The normalized spacial score (nSPS) is 17.6. The third-order valence-electron chi connectivity index (χ3n) is 3.17. The van der Waals surface area contributed by atoms with Gasteiger partial charge in [-0.15, -0.1) is 0 Å². The van der Waals surface area contributed by atoms with Gasteiger partial charge in [-0.05, 0) is 44.5 Å². The molecule has 0 aliphatic carbocycles. The molecule has 16 heavy (non-hydrogen) atoms.